The van der Waals surface area contributed by atoms with E-state index in [1.54, 1.807) is 0 Å². The summed E-state index contributed by atoms with van der Waals surface area (Å²) in [6.45, 7) is 0. The SMILES string of the molecule is c1ccc(-c2ccccc2-c2ccc(-c3c4ccccc4c(-c4ccccc4)c4ccc(-c5cc6ccccc6c6ccccc56)cc34)cc2)cc1. The summed E-state index contributed by atoms with van der Waals surface area (Å²) in [6.07, 6.45) is 0. The smallest absolute Gasteiger partial charge is 0.00261 e. The van der Waals surface area contributed by atoms with Gasteiger partial charge in [-0.3, -0.25) is 0 Å². The van der Waals surface area contributed by atoms with Crippen LogP contribution in [0.15, 0.2) is 206 Å². The highest BCUT2D eigenvalue weighted by atomic mass is 14.2. The molecule has 0 bridgehead atoms. The largest absolute Gasteiger partial charge is 0.0622 e. The summed E-state index contributed by atoms with van der Waals surface area (Å²) in [6, 6.07) is 75.5. The summed E-state index contributed by atoms with van der Waals surface area (Å²) >= 11 is 0. The number of benzene rings is 10. The van der Waals surface area contributed by atoms with E-state index >= 15 is 0 Å². The van der Waals surface area contributed by atoms with Crippen LogP contribution in [0.1, 0.15) is 0 Å². The third-order valence-corrected chi connectivity index (χ3v) is 10.7. The van der Waals surface area contributed by atoms with E-state index in [1.165, 1.54) is 98.7 Å². The number of hydrogen-bond donors (Lipinski definition) is 0. The van der Waals surface area contributed by atoms with Crippen molar-refractivity contribution in [3.8, 4) is 55.6 Å². The van der Waals surface area contributed by atoms with E-state index in [1.807, 2.05) is 0 Å². The second-order valence-corrected chi connectivity index (χ2v) is 13.6. The minimum Gasteiger partial charge on any atom is -0.0622 e. The normalized spacial score (nSPS) is 11.5. The summed E-state index contributed by atoms with van der Waals surface area (Å²) in [5.41, 5.74) is 12.4. The van der Waals surface area contributed by atoms with Crippen molar-refractivity contribution < 1.29 is 0 Å². The summed E-state index contributed by atoms with van der Waals surface area (Å²) in [7, 11) is 0. The molecule has 10 aromatic rings. The maximum Gasteiger partial charge on any atom is -0.00261 e. The molecule has 0 radical (unpaired) electrons. The lowest BCUT2D eigenvalue weighted by atomic mass is 9.84. The Balaban J connectivity index is 1.24. The Labute approximate surface area is 303 Å². The van der Waals surface area contributed by atoms with Gasteiger partial charge >= 0.3 is 0 Å². The molecule has 0 amide bonds. The first-order valence-corrected chi connectivity index (χ1v) is 18.0. The highest BCUT2D eigenvalue weighted by Gasteiger charge is 2.19. The summed E-state index contributed by atoms with van der Waals surface area (Å²) in [5.74, 6) is 0. The molecule has 0 unspecified atom stereocenters. The third-order valence-electron chi connectivity index (χ3n) is 10.7. The van der Waals surface area contributed by atoms with E-state index in [0.717, 1.165) is 0 Å². The maximum atomic E-state index is 2.44. The second kappa shape index (κ2) is 12.5. The zero-order valence-corrected chi connectivity index (χ0v) is 28.6. The van der Waals surface area contributed by atoms with Crippen LogP contribution in [0.2, 0.25) is 0 Å². The van der Waals surface area contributed by atoms with Crippen LogP contribution in [0.25, 0.3) is 98.7 Å². The fraction of sp³-hybridized carbons (Fsp3) is 0. The zero-order valence-electron chi connectivity index (χ0n) is 28.6. The molecule has 0 N–H and O–H groups in total. The summed E-state index contributed by atoms with van der Waals surface area (Å²) in [5, 5.41) is 10.1. The molecule has 52 heavy (non-hydrogen) atoms. The van der Waals surface area contributed by atoms with Crippen molar-refractivity contribution >= 4 is 43.1 Å². The molecule has 0 atom stereocenters. The Morgan fingerprint density at radius 2 is 0.615 bits per heavy atom. The van der Waals surface area contributed by atoms with Gasteiger partial charge in [-0.1, -0.05) is 194 Å². The Morgan fingerprint density at radius 3 is 1.29 bits per heavy atom. The molecule has 0 heteroatoms. The van der Waals surface area contributed by atoms with E-state index in [2.05, 4.69) is 206 Å². The van der Waals surface area contributed by atoms with Gasteiger partial charge in [-0.15, -0.1) is 0 Å². The van der Waals surface area contributed by atoms with E-state index in [0.29, 0.717) is 0 Å². The Hall–Kier alpha value is -6.76. The minimum atomic E-state index is 1.21. The van der Waals surface area contributed by atoms with Gasteiger partial charge in [0, 0.05) is 0 Å². The Bertz CT molecular complexity index is 2920. The van der Waals surface area contributed by atoms with E-state index in [4.69, 9.17) is 0 Å². The van der Waals surface area contributed by atoms with Crippen molar-refractivity contribution in [3.05, 3.63) is 206 Å². The summed E-state index contributed by atoms with van der Waals surface area (Å²) < 4.78 is 0. The molecule has 0 aliphatic carbocycles. The maximum absolute atomic E-state index is 2.44. The van der Waals surface area contributed by atoms with Crippen molar-refractivity contribution in [2.75, 3.05) is 0 Å². The first-order chi connectivity index (χ1) is 25.8. The van der Waals surface area contributed by atoms with E-state index in [9.17, 15) is 0 Å². The molecule has 10 rings (SSSR count). The first kappa shape index (κ1) is 30.1. The third kappa shape index (κ3) is 5.00. The molecule has 0 saturated carbocycles. The van der Waals surface area contributed by atoms with Gasteiger partial charge in [0.1, 0.15) is 0 Å². The molecule has 0 fully saturated rings. The molecule has 0 aliphatic heterocycles. The lowest BCUT2D eigenvalue weighted by Crippen LogP contribution is -1.92. The van der Waals surface area contributed by atoms with Gasteiger partial charge < -0.3 is 0 Å². The van der Waals surface area contributed by atoms with Gasteiger partial charge in [-0.05, 0) is 111 Å². The molecule has 0 spiro atoms. The van der Waals surface area contributed by atoms with Crippen LogP contribution >= 0.6 is 0 Å². The molecular formula is C52H34. The fourth-order valence-electron chi connectivity index (χ4n) is 8.29. The zero-order chi connectivity index (χ0) is 34.4. The van der Waals surface area contributed by atoms with Crippen molar-refractivity contribution in [2.45, 2.75) is 0 Å². The molecule has 0 heterocycles. The van der Waals surface area contributed by atoms with E-state index < -0.39 is 0 Å². The van der Waals surface area contributed by atoms with Crippen LogP contribution in [-0.4, -0.2) is 0 Å². The average Bonchev–Trinajstić information content (AvgIpc) is 3.23. The lowest BCUT2D eigenvalue weighted by molar-refractivity contribution is 1.58. The fourth-order valence-corrected chi connectivity index (χ4v) is 8.29. The van der Waals surface area contributed by atoms with Gasteiger partial charge in [-0.25, -0.2) is 0 Å². The van der Waals surface area contributed by atoms with Crippen molar-refractivity contribution in [3.63, 3.8) is 0 Å². The van der Waals surface area contributed by atoms with Crippen LogP contribution < -0.4 is 0 Å². The highest BCUT2D eigenvalue weighted by molar-refractivity contribution is 6.22. The van der Waals surface area contributed by atoms with Gasteiger partial charge in [0.05, 0.1) is 0 Å². The van der Waals surface area contributed by atoms with Crippen molar-refractivity contribution in [1.29, 1.82) is 0 Å². The minimum absolute atomic E-state index is 1.21. The quantitative estimate of drug-likeness (QED) is 0.128. The molecule has 0 aromatic heterocycles. The van der Waals surface area contributed by atoms with Crippen LogP contribution in [-0.2, 0) is 0 Å². The first-order valence-electron chi connectivity index (χ1n) is 18.0. The predicted octanol–water partition coefficient (Wildman–Crippen LogP) is 14.6. The lowest BCUT2D eigenvalue weighted by Gasteiger charge is -2.19. The second-order valence-electron chi connectivity index (χ2n) is 13.6. The van der Waals surface area contributed by atoms with Crippen molar-refractivity contribution in [2.24, 2.45) is 0 Å². The molecule has 0 aliphatic rings. The Kier molecular flexibility index (Phi) is 7.25. The number of fused-ring (bicyclic) bond motifs is 5. The van der Waals surface area contributed by atoms with Crippen LogP contribution in [0.3, 0.4) is 0 Å². The molecule has 10 aromatic carbocycles. The molecule has 0 nitrogen and oxygen atoms in total. The van der Waals surface area contributed by atoms with Crippen LogP contribution in [0.5, 0.6) is 0 Å². The predicted molar refractivity (Wildman–Crippen MR) is 224 cm³/mol. The van der Waals surface area contributed by atoms with Crippen LogP contribution in [0, 0.1) is 0 Å². The molecular weight excluding hydrogens is 625 g/mol. The van der Waals surface area contributed by atoms with Gasteiger partial charge in [0.2, 0.25) is 0 Å². The van der Waals surface area contributed by atoms with Gasteiger partial charge in [0.25, 0.3) is 0 Å². The van der Waals surface area contributed by atoms with Gasteiger partial charge in [0.15, 0.2) is 0 Å². The van der Waals surface area contributed by atoms with Crippen LogP contribution in [0.4, 0.5) is 0 Å². The van der Waals surface area contributed by atoms with E-state index in [-0.39, 0.29) is 0 Å². The number of rotatable bonds is 5. The standard InChI is InChI=1S/C52H34/c1-3-15-35(16-4-1)41-20-9-10-21-42(41)36-27-29-38(30-28-36)52-47-26-14-13-25-46(47)51(37-17-5-2-6-18-37)48-32-31-40(34-50(48)52)49-33-39-19-7-8-22-43(39)44-23-11-12-24-45(44)49/h1-34H. The molecule has 0 saturated heterocycles. The van der Waals surface area contributed by atoms with Crippen molar-refractivity contribution in [1.82, 2.24) is 0 Å². The Morgan fingerprint density at radius 1 is 0.192 bits per heavy atom. The van der Waals surface area contributed by atoms with Gasteiger partial charge in [-0.2, -0.15) is 0 Å². The number of hydrogen-bond acceptors (Lipinski definition) is 0. The summed E-state index contributed by atoms with van der Waals surface area (Å²) in [4.78, 5) is 0. The highest BCUT2D eigenvalue weighted by Crippen LogP contribution is 2.46. The monoisotopic (exact) mass is 658 g/mol. The average molecular weight is 659 g/mol. The topological polar surface area (TPSA) is 0 Å². The molecule has 242 valence electrons.